The minimum absolute atomic E-state index is 0.0159. The topological polar surface area (TPSA) is 9.23 Å². The van der Waals surface area contributed by atoms with E-state index in [2.05, 4.69) is 26.0 Å². The third-order valence-corrected chi connectivity index (χ3v) is 7.56. The molecule has 2 aromatic rings. The van der Waals surface area contributed by atoms with Gasteiger partial charge in [-0.1, -0.05) is 95.9 Å². The Balaban J connectivity index is 1.51. The predicted octanol–water partition coefficient (Wildman–Crippen LogP) is 10.2. The van der Waals surface area contributed by atoms with Gasteiger partial charge in [-0.3, -0.25) is 0 Å². The highest BCUT2D eigenvalue weighted by Crippen LogP contribution is 2.38. The van der Waals surface area contributed by atoms with Crippen LogP contribution >= 0.6 is 0 Å². The van der Waals surface area contributed by atoms with Gasteiger partial charge in [0.05, 0.1) is 6.61 Å². The lowest BCUT2D eigenvalue weighted by molar-refractivity contribution is 0.285. The summed E-state index contributed by atoms with van der Waals surface area (Å²) in [4.78, 5) is 0. The molecule has 3 rings (SSSR count). The summed E-state index contributed by atoms with van der Waals surface area (Å²) in [6, 6.07) is 11.3. The molecule has 188 valence electrons. The van der Waals surface area contributed by atoms with Crippen LogP contribution in [0, 0.1) is 17.6 Å². The quantitative estimate of drug-likeness (QED) is 0.250. The van der Waals surface area contributed by atoms with Crippen LogP contribution in [0.3, 0.4) is 0 Å². The maximum atomic E-state index is 14.8. The molecule has 0 amide bonds. The molecule has 0 N–H and O–H groups in total. The van der Waals surface area contributed by atoms with Gasteiger partial charge in [0, 0.05) is 5.56 Å². The summed E-state index contributed by atoms with van der Waals surface area (Å²) in [6.07, 6.45) is 17.3. The molecule has 1 aliphatic rings. The fourth-order valence-electron chi connectivity index (χ4n) is 5.33. The molecule has 1 aliphatic carbocycles. The fraction of sp³-hybridized carbons (Fsp3) is 0.613. The Morgan fingerprint density at radius 2 is 1.35 bits per heavy atom. The van der Waals surface area contributed by atoms with E-state index in [1.165, 1.54) is 82.6 Å². The molecule has 0 unspecified atom stereocenters. The number of hydrogen-bond donors (Lipinski definition) is 0. The maximum Gasteiger partial charge on any atom is 0.201 e. The van der Waals surface area contributed by atoms with E-state index in [9.17, 15) is 8.78 Å². The highest BCUT2D eigenvalue weighted by atomic mass is 19.2. The van der Waals surface area contributed by atoms with Crippen molar-refractivity contribution in [3.8, 4) is 16.9 Å². The van der Waals surface area contributed by atoms with Crippen LogP contribution in [0.2, 0.25) is 0 Å². The smallest absolute Gasteiger partial charge is 0.201 e. The monoisotopic (exact) mass is 470 g/mol. The summed E-state index contributed by atoms with van der Waals surface area (Å²) in [5.41, 5.74) is 2.35. The van der Waals surface area contributed by atoms with Crippen molar-refractivity contribution in [2.75, 3.05) is 6.61 Å². The summed E-state index contributed by atoms with van der Waals surface area (Å²) in [5, 5.41) is 0. The van der Waals surface area contributed by atoms with Gasteiger partial charge in [0.15, 0.2) is 11.6 Å². The van der Waals surface area contributed by atoms with Crippen LogP contribution in [-0.2, 0) is 0 Å². The summed E-state index contributed by atoms with van der Waals surface area (Å²) in [7, 11) is 0. The summed E-state index contributed by atoms with van der Waals surface area (Å²) < 4.78 is 35.0. The van der Waals surface area contributed by atoms with Crippen molar-refractivity contribution in [3.05, 3.63) is 53.6 Å². The SMILES string of the molecule is CCCCCCCCOc1ccc(-c2ccc([C@H]3CC[C@H](CCCCC)CC3)cc2)c(F)c1F. The van der Waals surface area contributed by atoms with Crippen molar-refractivity contribution in [1.82, 2.24) is 0 Å². The number of rotatable bonds is 14. The highest BCUT2D eigenvalue weighted by molar-refractivity contribution is 5.65. The van der Waals surface area contributed by atoms with Crippen LogP contribution in [-0.4, -0.2) is 6.61 Å². The maximum absolute atomic E-state index is 14.8. The van der Waals surface area contributed by atoms with Crippen LogP contribution in [0.4, 0.5) is 8.78 Å². The van der Waals surface area contributed by atoms with E-state index in [0.29, 0.717) is 18.1 Å². The molecule has 1 nitrogen and oxygen atoms in total. The molecular formula is C31H44F2O. The molecule has 1 fully saturated rings. The van der Waals surface area contributed by atoms with Crippen LogP contribution in [0.25, 0.3) is 11.1 Å². The second kappa shape index (κ2) is 14.5. The van der Waals surface area contributed by atoms with Crippen molar-refractivity contribution in [1.29, 1.82) is 0 Å². The Bertz CT molecular complexity index is 837. The van der Waals surface area contributed by atoms with Crippen molar-refractivity contribution in [2.24, 2.45) is 5.92 Å². The average molecular weight is 471 g/mol. The standard InChI is InChI=1S/C31H44F2O/c1-3-5-7-8-9-11-23-34-29-22-21-28(30(32)31(29)33)27-19-17-26(18-20-27)25-15-13-24(14-16-25)12-10-6-4-2/h17-22,24-25H,3-16,23H2,1-2H3/t24-,25-. The van der Waals surface area contributed by atoms with Crippen molar-refractivity contribution < 1.29 is 13.5 Å². The van der Waals surface area contributed by atoms with Crippen LogP contribution in [0.15, 0.2) is 36.4 Å². The van der Waals surface area contributed by atoms with Gasteiger partial charge in [-0.05, 0) is 67.2 Å². The van der Waals surface area contributed by atoms with E-state index in [-0.39, 0.29) is 5.75 Å². The molecule has 0 bridgehead atoms. The molecule has 0 atom stereocenters. The molecule has 2 aromatic carbocycles. The minimum atomic E-state index is -0.881. The molecule has 0 aromatic heterocycles. The largest absolute Gasteiger partial charge is 0.490 e. The minimum Gasteiger partial charge on any atom is -0.490 e. The van der Waals surface area contributed by atoms with Gasteiger partial charge in [-0.2, -0.15) is 4.39 Å². The van der Waals surface area contributed by atoms with Gasteiger partial charge < -0.3 is 4.74 Å². The number of unbranched alkanes of at least 4 members (excludes halogenated alkanes) is 7. The van der Waals surface area contributed by atoms with Crippen LogP contribution in [0.5, 0.6) is 5.75 Å². The van der Waals surface area contributed by atoms with Crippen LogP contribution < -0.4 is 4.74 Å². The van der Waals surface area contributed by atoms with Gasteiger partial charge in [-0.25, -0.2) is 4.39 Å². The Morgan fingerprint density at radius 1 is 0.706 bits per heavy atom. The van der Waals surface area contributed by atoms with Gasteiger partial charge in [0.2, 0.25) is 5.82 Å². The summed E-state index contributed by atoms with van der Waals surface area (Å²) in [6.45, 7) is 4.89. The Hall–Kier alpha value is -1.90. The first-order valence-corrected chi connectivity index (χ1v) is 13.8. The lowest BCUT2D eigenvalue weighted by Crippen LogP contribution is -2.13. The van der Waals surface area contributed by atoms with E-state index in [0.717, 1.165) is 24.3 Å². The average Bonchev–Trinajstić information content (AvgIpc) is 2.87. The lowest BCUT2D eigenvalue weighted by Gasteiger charge is -2.29. The second-order valence-electron chi connectivity index (χ2n) is 10.2. The van der Waals surface area contributed by atoms with Gasteiger partial charge in [0.25, 0.3) is 0 Å². The zero-order valence-electron chi connectivity index (χ0n) is 21.4. The zero-order valence-corrected chi connectivity index (χ0v) is 21.4. The normalized spacial score (nSPS) is 18.2. The number of ether oxygens (including phenoxy) is 1. The molecule has 0 spiro atoms. The molecule has 34 heavy (non-hydrogen) atoms. The third kappa shape index (κ3) is 7.82. The van der Waals surface area contributed by atoms with Crippen LogP contribution in [0.1, 0.15) is 115 Å². The summed E-state index contributed by atoms with van der Waals surface area (Å²) >= 11 is 0. The summed E-state index contributed by atoms with van der Waals surface area (Å²) in [5.74, 6) is -0.200. The molecule has 3 heteroatoms. The van der Waals surface area contributed by atoms with Crippen molar-refractivity contribution >= 4 is 0 Å². The molecule has 0 saturated heterocycles. The third-order valence-electron chi connectivity index (χ3n) is 7.56. The lowest BCUT2D eigenvalue weighted by atomic mass is 9.77. The Kier molecular flexibility index (Phi) is 11.4. The van der Waals surface area contributed by atoms with E-state index < -0.39 is 11.6 Å². The Morgan fingerprint density at radius 3 is 2.06 bits per heavy atom. The molecule has 0 aliphatic heterocycles. The van der Waals surface area contributed by atoms with Crippen molar-refractivity contribution in [2.45, 2.75) is 110 Å². The zero-order chi connectivity index (χ0) is 24.2. The number of benzene rings is 2. The molecule has 0 radical (unpaired) electrons. The highest BCUT2D eigenvalue weighted by Gasteiger charge is 2.22. The first-order chi connectivity index (χ1) is 16.6. The van der Waals surface area contributed by atoms with Gasteiger partial charge in [0.1, 0.15) is 0 Å². The predicted molar refractivity (Wildman–Crippen MR) is 140 cm³/mol. The number of halogens is 2. The molecular weight excluding hydrogens is 426 g/mol. The van der Waals surface area contributed by atoms with E-state index in [1.54, 1.807) is 12.1 Å². The van der Waals surface area contributed by atoms with E-state index in [1.807, 2.05) is 12.1 Å². The van der Waals surface area contributed by atoms with E-state index >= 15 is 0 Å². The Labute approximate surface area is 206 Å². The van der Waals surface area contributed by atoms with Gasteiger partial charge in [-0.15, -0.1) is 0 Å². The first-order valence-electron chi connectivity index (χ1n) is 13.8. The van der Waals surface area contributed by atoms with Gasteiger partial charge >= 0.3 is 0 Å². The second-order valence-corrected chi connectivity index (χ2v) is 10.2. The molecule has 0 heterocycles. The fourth-order valence-corrected chi connectivity index (χ4v) is 5.33. The molecule has 1 saturated carbocycles. The number of hydrogen-bond acceptors (Lipinski definition) is 1. The van der Waals surface area contributed by atoms with Crippen molar-refractivity contribution in [3.63, 3.8) is 0 Å². The van der Waals surface area contributed by atoms with E-state index in [4.69, 9.17) is 4.74 Å². The first kappa shape index (κ1) is 26.7.